The van der Waals surface area contributed by atoms with E-state index < -0.39 is 9.84 Å². The summed E-state index contributed by atoms with van der Waals surface area (Å²) in [6, 6.07) is 4.50. The van der Waals surface area contributed by atoms with Crippen LogP contribution >= 0.6 is 11.6 Å². The van der Waals surface area contributed by atoms with Crippen molar-refractivity contribution in [3.05, 3.63) is 28.8 Å². The standard InChI is InChI=1S/C16H22ClNO3S/c1-11(2)15-6-4-5-9-18(15)16(19)13-10-12(22(3,20)21)7-8-14(13)17/h7-8,10-11,15H,4-6,9H2,1-3H3. The van der Waals surface area contributed by atoms with Crippen LogP contribution in [0.25, 0.3) is 0 Å². The normalized spacial score (nSPS) is 19.5. The molecule has 1 aromatic carbocycles. The first-order valence-corrected chi connectivity index (χ1v) is 9.79. The van der Waals surface area contributed by atoms with Crippen LogP contribution in [0.2, 0.25) is 5.02 Å². The van der Waals surface area contributed by atoms with Crippen LogP contribution in [0.15, 0.2) is 23.1 Å². The second-order valence-electron chi connectivity index (χ2n) is 6.22. The summed E-state index contributed by atoms with van der Waals surface area (Å²) in [7, 11) is -3.37. The van der Waals surface area contributed by atoms with Gasteiger partial charge in [-0.3, -0.25) is 4.79 Å². The van der Waals surface area contributed by atoms with Gasteiger partial charge in [0.15, 0.2) is 9.84 Å². The lowest BCUT2D eigenvalue weighted by atomic mass is 9.92. The minimum Gasteiger partial charge on any atom is -0.335 e. The van der Waals surface area contributed by atoms with Gasteiger partial charge in [-0.25, -0.2) is 8.42 Å². The minimum absolute atomic E-state index is 0.123. The summed E-state index contributed by atoms with van der Waals surface area (Å²) in [6.07, 6.45) is 4.19. The Labute approximate surface area is 137 Å². The molecule has 0 saturated carbocycles. The van der Waals surface area contributed by atoms with Crippen LogP contribution in [-0.4, -0.2) is 38.1 Å². The van der Waals surface area contributed by atoms with Crippen LogP contribution in [0.3, 0.4) is 0 Å². The molecule has 1 aliphatic heterocycles. The molecule has 1 saturated heterocycles. The summed E-state index contributed by atoms with van der Waals surface area (Å²) < 4.78 is 23.4. The predicted molar refractivity (Wildman–Crippen MR) is 88.1 cm³/mol. The molecule has 1 heterocycles. The highest BCUT2D eigenvalue weighted by Gasteiger charge is 2.30. The van der Waals surface area contributed by atoms with Crippen LogP contribution in [0.5, 0.6) is 0 Å². The third-order valence-electron chi connectivity index (χ3n) is 4.18. The molecule has 1 amide bonds. The van der Waals surface area contributed by atoms with Gasteiger partial charge >= 0.3 is 0 Å². The first-order valence-electron chi connectivity index (χ1n) is 7.52. The van der Waals surface area contributed by atoms with Crippen LogP contribution < -0.4 is 0 Å². The van der Waals surface area contributed by atoms with E-state index in [9.17, 15) is 13.2 Å². The molecule has 1 aromatic rings. The number of likely N-dealkylation sites (tertiary alicyclic amines) is 1. The molecule has 1 atom stereocenters. The lowest BCUT2D eigenvalue weighted by Gasteiger charge is -2.38. The van der Waals surface area contributed by atoms with Gasteiger partial charge in [-0.2, -0.15) is 0 Å². The molecule has 1 unspecified atom stereocenters. The Bertz CT molecular complexity index is 670. The largest absolute Gasteiger partial charge is 0.335 e. The highest BCUT2D eigenvalue weighted by atomic mass is 35.5. The van der Waals surface area contributed by atoms with Crippen LogP contribution in [-0.2, 0) is 9.84 Å². The van der Waals surface area contributed by atoms with E-state index in [-0.39, 0.29) is 22.4 Å². The average molecular weight is 344 g/mol. The SMILES string of the molecule is CC(C)C1CCCCN1C(=O)c1cc(S(C)(=O)=O)ccc1Cl. The number of hydrogen-bond acceptors (Lipinski definition) is 3. The Hall–Kier alpha value is -1.07. The van der Waals surface area contributed by atoms with Crippen LogP contribution in [0, 0.1) is 5.92 Å². The number of nitrogens with zero attached hydrogens (tertiary/aromatic N) is 1. The van der Waals surface area contributed by atoms with E-state index in [1.165, 1.54) is 18.2 Å². The second kappa shape index (κ2) is 6.59. The average Bonchev–Trinajstić information content (AvgIpc) is 2.45. The Kier molecular flexibility index (Phi) is 5.17. The molecule has 0 aromatic heterocycles. The predicted octanol–water partition coefficient (Wildman–Crippen LogP) is 3.39. The molecule has 1 fully saturated rings. The van der Waals surface area contributed by atoms with Gasteiger partial charge < -0.3 is 4.90 Å². The summed E-state index contributed by atoms with van der Waals surface area (Å²) in [5, 5.41) is 0.297. The molecular weight excluding hydrogens is 322 g/mol. The zero-order valence-electron chi connectivity index (χ0n) is 13.2. The van der Waals surface area contributed by atoms with Crippen molar-refractivity contribution in [2.24, 2.45) is 5.92 Å². The number of amides is 1. The van der Waals surface area contributed by atoms with Crippen molar-refractivity contribution in [1.82, 2.24) is 4.90 Å². The monoisotopic (exact) mass is 343 g/mol. The van der Waals surface area contributed by atoms with Crippen molar-refractivity contribution in [3.63, 3.8) is 0 Å². The molecule has 0 radical (unpaired) electrons. The maximum absolute atomic E-state index is 12.9. The zero-order valence-corrected chi connectivity index (χ0v) is 14.7. The van der Waals surface area contributed by atoms with Gasteiger partial charge in [0.25, 0.3) is 5.91 Å². The molecule has 0 N–H and O–H groups in total. The molecule has 6 heteroatoms. The molecule has 22 heavy (non-hydrogen) atoms. The Morgan fingerprint density at radius 3 is 2.59 bits per heavy atom. The van der Waals surface area contributed by atoms with E-state index in [2.05, 4.69) is 13.8 Å². The molecule has 2 rings (SSSR count). The molecule has 0 aliphatic carbocycles. The number of sulfone groups is 1. The minimum atomic E-state index is -3.37. The number of halogens is 1. The summed E-state index contributed by atoms with van der Waals surface area (Å²) in [4.78, 5) is 14.8. The van der Waals surface area contributed by atoms with Gasteiger partial charge in [-0.1, -0.05) is 25.4 Å². The fourth-order valence-corrected chi connectivity index (χ4v) is 3.80. The van der Waals surface area contributed by atoms with Crippen molar-refractivity contribution in [2.45, 2.75) is 44.0 Å². The fraction of sp³-hybridized carbons (Fsp3) is 0.562. The zero-order chi connectivity index (χ0) is 16.5. The fourth-order valence-electron chi connectivity index (χ4n) is 2.96. The van der Waals surface area contributed by atoms with Gasteiger partial charge in [0.05, 0.1) is 15.5 Å². The first-order chi connectivity index (χ1) is 10.2. The van der Waals surface area contributed by atoms with Crippen molar-refractivity contribution in [1.29, 1.82) is 0 Å². The van der Waals surface area contributed by atoms with E-state index in [0.29, 0.717) is 17.5 Å². The van der Waals surface area contributed by atoms with Crippen LogP contribution in [0.1, 0.15) is 43.5 Å². The molecule has 4 nitrogen and oxygen atoms in total. The maximum Gasteiger partial charge on any atom is 0.255 e. The molecular formula is C16H22ClNO3S. The van der Waals surface area contributed by atoms with Gasteiger partial charge in [-0.05, 0) is 43.4 Å². The van der Waals surface area contributed by atoms with Crippen LogP contribution in [0.4, 0.5) is 0 Å². The highest BCUT2D eigenvalue weighted by Crippen LogP contribution is 2.28. The Balaban J connectivity index is 2.40. The van der Waals surface area contributed by atoms with Crippen molar-refractivity contribution < 1.29 is 13.2 Å². The van der Waals surface area contributed by atoms with Crippen molar-refractivity contribution in [3.8, 4) is 0 Å². The number of rotatable bonds is 3. The van der Waals surface area contributed by atoms with E-state index in [1.54, 1.807) is 0 Å². The lowest BCUT2D eigenvalue weighted by Crippen LogP contribution is -2.46. The van der Waals surface area contributed by atoms with Gasteiger partial charge in [0.2, 0.25) is 0 Å². The van der Waals surface area contributed by atoms with Crippen molar-refractivity contribution >= 4 is 27.3 Å². The molecule has 1 aliphatic rings. The van der Waals surface area contributed by atoms with E-state index in [1.807, 2.05) is 4.90 Å². The third kappa shape index (κ3) is 3.63. The number of piperidine rings is 1. The third-order valence-corrected chi connectivity index (χ3v) is 5.62. The summed E-state index contributed by atoms with van der Waals surface area (Å²) >= 11 is 6.15. The summed E-state index contributed by atoms with van der Waals surface area (Å²) in [5.41, 5.74) is 0.275. The molecule has 122 valence electrons. The number of benzene rings is 1. The summed E-state index contributed by atoms with van der Waals surface area (Å²) in [5.74, 6) is 0.190. The van der Waals surface area contributed by atoms with Gasteiger partial charge in [-0.15, -0.1) is 0 Å². The number of carbonyl (C=O) groups is 1. The second-order valence-corrected chi connectivity index (χ2v) is 8.64. The number of hydrogen-bond donors (Lipinski definition) is 0. The lowest BCUT2D eigenvalue weighted by molar-refractivity contribution is 0.0543. The van der Waals surface area contributed by atoms with E-state index >= 15 is 0 Å². The number of carbonyl (C=O) groups excluding carboxylic acids is 1. The quantitative estimate of drug-likeness (QED) is 0.845. The molecule has 0 bridgehead atoms. The maximum atomic E-state index is 12.9. The van der Waals surface area contributed by atoms with Gasteiger partial charge in [0, 0.05) is 18.8 Å². The van der Waals surface area contributed by atoms with E-state index in [4.69, 9.17) is 11.6 Å². The first kappa shape index (κ1) is 17.3. The summed E-state index contributed by atoms with van der Waals surface area (Å²) in [6.45, 7) is 4.90. The van der Waals surface area contributed by atoms with Gasteiger partial charge in [0.1, 0.15) is 0 Å². The topological polar surface area (TPSA) is 54.5 Å². The molecule has 0 spiro atoms. The smallest absolute Gasteiger partial charge is 0.255 e. The Morgan fingerprint density at radius 2 is 2.00 bits per heavy atom. The van der Waals surface area contributed by atoms with Crippen molar-refractivity contribution in [2.75, 3.05) is 12.8 Å². The Morgan fingerprint density at radius 1 is 1.32 bits per heavy atom. The van der Waals surface area contributed by atoms with E-state index in [0.717, 1.165) is 25.5 Å². The highest BCUT2D eigenvalue weighted by molar-refractivity contribution is 7.90.